The highest BCUT2D eigenvalue weighted by molar-refractivity contribution is 5.95. The third kappa shape index (κ3) is 3.67. The molecular weight excluding hydrogens is 361 g/mol. The molecule has 3 aromatic rings. The normalized spacial score (nSPS) is 11.4. The van der Waals surface area contributed by atoms with Crippen molar-refractivity contribution in [3.05, 3.63) is 41.6 Å². The number of hydrogen-bond donors (Lipinski definition) is 3. The van der Waals surface area contributed by atoms with Gasteiger partial charge < -0.3 is 20.4 Å². The van der Waals surface area contributed by atoms with E-state index in [0.717, 1.165) is 6.20 Å². The van der Waals surface area contributed by atoms with Gasteiger partial charge in [-0.3, -0.25) is 4.79 Å². The van der Waals surface area contributed by atoms with Gasteiger partial charge >= 0.3 is 6.18 Å². The molecule has 0 bridgehead atoms. The van der Waals surface area contributed by atoms with Crippen molar-refractivity contribution in [3.63, 3.8) is 0 Å². The number of benzene rings is 1. The lowest BCUT2D eigenvalue weighted by atomic mass is 10.1. The van der Waals surface area contributed by atoms with Gasteiger partial charge in [0.1, 0.15) is 23.5 Å². The number of hydrogen-bond acceptors (Lipinski definition) is 5. The molecule has 0 fully saturated rings. The highest BCUT2D eigenvalue weighted by Crippen LogP contribution is 2.39. The molecule has 6 nitrogen and oxygen atoms in total. The second kappa shape index (κ2) is 7.18. The summed E-state index contributed by atoms with van der Waals surface area (Å²) in [5, 5.41) is 5.95. The maximum Gasteiger partial charge on any atom is 0.418 e. The fourth-order valence-electron chi connectivity index (χ4n) is 2.77. The summed E-state index contributed by atoms with van der Waals surface area (Å²) >= 11 is 0. The molecule has 3 rings (SSSR count). The van der Waals surface area contributed by atoms with Gasteiger partial charge in [0.25, 0.3) is 0 Å². The second-order valence-corrected chi connectivity index (χ2v) is 5.71. The van der Waals surface area contributed by atoms with Crippen LogP contribution in [-0.2, 0) is 6.18 Å². The highest BCUT2D eigenvalue weighted by atomic mass is 19.4. The number of nitrogens with zero attached hydrogens (tertiary/aromatic N) is 1. The molecule has 9 heteroatoms. The van der Waals surface area contributed by atoms with Crippen molar-refractivity contribution >= 4 is 34.5 Å². The first-order valence-corrected chi connectivity index (χ1v) is 8.10. The van der Waals surface area contributed by atoms with Gasteiger partial charge in [0.05, 0.1) is 23.7 Å². The second-order valence-electron chi connectivity index (χ2n) is 5.71. The standard InChI is InChI=1S/C18H17F3N4O2/c1-3-22-13-7-15(24-12-5-4-10(9-26)6-14(12)27-2)25-17-16(13)11(8-23-17)18(19,20)21/h4-9H,3H2,1-2H3,(H3,22,23,24,25). The van der Waals surface area contributed by atoms with E-state index in [9.17, 15) is 18.0 Å². The number of aromatic nitrogens is 2. The molecule has 0 atom stereocenters. The monoisotopic (exact) mass is 378 g/mol. The first kappa shape index (κ1) is 18.6. The van der Waals surface area contributed by atoms with E-state index in [2.05, 4.69) is 20.6 Å². The number of carbonyl (C=O) groups is 1. The molecule has 0 radical (unpaired) electrons. The lowest BCUT2D eigenvalue weighted by Gasteiger charge is -2.14. The molecule has 2 heterocycles. The molecule has 0 aliphatic rings. The van der Waals surface area contributed by atoms with Crippen molar-refractivity contribution in [2.45, 2.75) is 13.1 Å². The van der Waals surface area contributed by atoms with Crippen LogP contribution in [0.15, 0.2) is 30.5 Å². The lowest BCUT2D eigenvalue weighted by molar-refractivity contribution is -0.136. The summed E-state index contributed by atoms with van der Waals surface area (Å²) in [6.07, 6.45) is -2.90. The van der Waals surface area contributed by atoms with E-state index in [1.807, 2.05) is 0 Å². The Morgan fingerprint density at radius 3 is 2.67 bits per heavy atom. The van der Waals surface area contributed by atoms with Gasteiger partial charge in [0, 0.05) is 30.1 Å². The van der Waals surface area contributed by atoms with Crippen molar-refractivity contribution in [1.29, 1.82) is 0 Å². The van der Waals surface area contributed by atoms with Crippen LogP contribution in [0.5, 0.6) is 5.75 Å². The molecule has 27 heavy (non-hydrogen) atoms. The molecule has 0 saturated heterocycles. The van der Waals surface area contributed by atoms with Crippen molar-refractivity contribution in [3.8, 4) is 5.75 Å². The highest BCUT2D eigenvalue weighted by Gasteiger charge is 2.35. The Balaban J connectivity index is 2.07. The number of aldehydes is 1. The number of H-pyrrole nitrogens is 1. The van der Waals surface area contributed by atoms with Gasteiger partial charge in [-0.2, -0.15) is 13.2 Å². The topological polar surface area (TPSA) is 79.0 Å². The number of rotatable bonds is 6. The summed E-state index contributed by atoms with van der Waals surface area (Å²) in [7, 11) is 1.45. The Morgan fingerprint density at radius 2 is 2.04 bits per heavy atom. The van der Waals surface area contributed by atoms with E-state index in [0.29, 0.717) is 41.3 Å². The van der Waals surface area contributed by atoms with Crippen molar-refractivity contribution in [2.75, 3.05) is 24.3 Å². The summed E-state index contributed by atoms with van der Waals surface area (Å²) < 4.78 is 45.0. The third-order valence-corrected chi connectivity index (χ3v) is 3.94. The van der Waals surface area contributed by atoms with E-state index in [1.165, 1.54) is 13.2 Å². The molecule has 0 saturated carbocycles. The Kier molecular flexibility index (Phi) is 4.93. The zero-order chi connectivity index (χ0) is 19.6. The fourth-order valence-corrected chi connectivity index (χ4v) is 2.77. The number of anilines is 3. The van der Waals surface area contributed by atoms with Gasteiger partial charge in [-0.15, -0.1) is 0 Å². The molecule has 1 aromatic carbocycles. The molecule has 142 valence electrons. The van der Waals surface area contributed by atoms with Crippen LogP contribution in [0.25, 0.3) is 11.0 Å². The van der Waals surface area contributed by atoms with Crippen LogP contribution in [-0.4, -0.2) is 29.9 Å². The van der Waals surface area contributed by atoms with E-state index in [1.54, 1.807) is 25.1 Å². The number of nitrogens with one attached hydrogen (secondary N) is 3. The average Bonchev–Trinajstić information content (AvgIpc) is 3.07. The minimum atomic E-state index is -4.49. The number of carbonyl (C=O) groups excluding carboxylic acids is 1. The summed E-state index contributed by atoms with van der Waals surface area (Å²) in [5.74, 6) is 0.736. The predicted octanol–water partition coefficient (Wildman–Crippen LogP) is 4.58. The smallest absolute Gasteiger partial charge is 0.418 e. The summed E-state index contributed by atoms with van der Waals surface area (Å²) in [4.78, 5) is 17.7. The molecule has 3 N–H and O–H groups in total. The molecule has 0 unspecified atom stereocenters. The van der Waals surface area contributed by atoms with E-state index >= 15 is 0 Å². The number of methoxy groups -OCH3 is 1. The van der Waals surface area contributed by atoms with E-state index in [4.69, 9.17) is 4.74 Å². The Hall–Kier alpha value is -3.23. The quantitative estimate of drug-likeness (QED) is 0.547. The molecule has 0 aliphatic carbocycles. The third-order valence-electron chi connectivity index (χ3n) is 3.94. The summed E-state index contributed by atoms with van der Waals surface area (Å²) in [6, 6.07) is 6.28. The fraction of sp³-hybridized carbons (Fsp3) is 0.222. The van der Waals surface area contributed by atoms with Crippen LogP contribution in [0.2, 0.25) is 0 Å². The summed E-state index contributed by atoms with van der Waals surface area (Å²) in [6.45, 7) is 2.23. The van der Waals surface area contributed by atoms with Crippen molar-refractivity contribution in [1.82, 2.24) is 9.97 Å². The maximum atomic E-state index is 13.3. The lowest BCUT2D eigenvalue weighted by Crippen LogP contribution is -2.07. The number of aromatic amines is 1. The van der Waals surface area contributed by atoms with Crippen LogP contribution in [0.4, 0.5) is 30.4 Å². The molecular formula is C18H17F3N4O2. The van der Waals surface area contributed by atoms with Crippen LogP contribution in [0, 0.1) is 0 Å². The van der Waals surface area contributed by atoms with Crippen LogP contribution in [0.3, 0.4) is 0 Å². The number of ether oxygens (including phenoxy) is 1. The maximum absolute atomic E-state index is 13.3. The Labute approximate surface area is 152 Å². The zero-order valence-corrected chi connectivity index (χ0v) is 14.6. The van der Waals surface area contributed by atoms with Gasteiger partial charge in [0.15, 0.2) is 0 Å². The van der Waals surface area contributed by atoms with Crippen molar-refractivity contribution in [2.24, 2.45) is 0 Å². The summed E-state index contributed by atoms with van der Waals surface area (Å²) in [5.41, 5.74) is 0.600. The van der Waals surface area contributed by atoms with Gasteiger partial charge in [-0.25, -0.2) is 4.98 Å². The zero-order valence-electron chi connectivity index (χ0n) is 14.6. The van der Waals surface area contributed by atoms with Crippen LogP contribution in [0.1, 0.15) is 22.8 Å². The number of pyridine rings is 1. The first-order valence-electron chi connectivity index (χ1n) is 8.10. The van der Waals surface area contributed by atoms with Gasteiger partial charge in [0.2, 0.25) is 0 Å². The van der Waals surface area contributed by atoms with Crippen LogP contribution >= 0.6 is 0 Å². The molecule has 2 aromatic heterocycles. The molecule has 0 spiro atoms. The largest absolute Gasteiger partial charge is 0.495 e. The average molecular weight is 378 g/mol. The minimum Gasteiger partial charge on any atom is -0.495 e. The van der Waals surface area contributed by atoms with Gasteiger partial charge in [-0.1, -0.05) is 0 Å². The number of alkyl halides is 3. The SMILES string of the molecule is CCNc1cc(Nc2ccc(C=O)cc2OC)nc2[nH]cc(C(F)(F)F)c12. The van der Waals surface area contributed by atoms with E-state index < -0.39 is 11.7 Å². The van der Waals surface area contributed by atoms with Crippen molar-refractivity contribution < 1.29 is 22.7 Å². The Morgan fingerprint density at radius 1 is 1.26 bits per heavy atom. The number of halogens is 3. The molecule has 0 amide bonds. The van der Waals surface area contributed by atoms with Gasteiger partial charge in [-0.05, 0) is 25.1 Å². The predicted molar refractivity (Wildman–Crippen MR) is 96.9 cm³/mol. The van der Waals surface area contributed by atoms with Crippen LogP contribution < -0.4 is 15.4 Å². The molecule has 0 aliphatic heterocycles. The first-order chi connectivity index (χ1) is 12.9. The minimum absolute atomic E-state index is 0.0156. The Bertz CT molecular complexity index is 983. The number of fused-ring (bicyclic) bond motifs is 1. The van der Waals surface area contributed by atoms with E-state index in [-0.39, 0.29) is 11.0 Å².